The van der Waals surface area contributed by atoms with E-state index in [1.807, 2.05) is 71.9 Å². The second kappa shape index (κ2) is 15.9. The predicted octanol–water partition coefficient (Wildman–Crippen LogP) is 2.95. The van der Waals surface area contributed by atoms with Crippen LogP contribution in [0.2, 0.25) is 0 Å². The first kappa shape index (κ1) is 31.1. The smallest absolute Gasteiger partial charge is 0.408 e. The van der Waals surface area contributed by atoms with Gasteiger partial charge in [-0.3, -0.25) is 14.4 Å². The minimum Gasteiger partial charge on any atom is -0.445 e. The number of hydrogen-bond donors (Lipinski definition) is 4. The van der Waals surface area contributed by atoms with Crippen LogP contribution in [0.3, 0.4) is 0 Å². The average molecular weight is 506 g/mol. The molecular weight excluding hydrogens is 462 g/mol. The number of carbonyl (C=O) groups excluding carboxylic acids is 4. The van der Waals surface area contributed by atoms with Crippen LogP contribution in [0.25, 0.3) is 0 Å². The van der Waals surface area contributed by atoms with Crippen LogP contribution in [0.15, 0.2) is 30.3 Å². The monoisotopic (exact) mass is 505 g/mol. The summed E-state index contributed by atoms with van der Waals surface area (Å²) in [6.45, 7) is 10.9. The third kappa shape index (κ3) is 12.2. The summed E-state index contributed by atoms with van der Waals surface area (Å²) in [4.78, 5) is 50.8. The number of amides is 3. The number of alkyl carbamates (subject to hydrolysis) is 1. The number of ether oxygens (including phenoxy) is 1. The van der Waals surface area contributed by atoms with Crippen molar-refractivity contribution >= 4 is 23.7 Å². The number of aliphatic hydroxyl groups excluding tert-OH is 1. The second-order valence-electron chi connectivity index (χ2n) is 10.4. The molecule has 0 aliphatic rings. The van der Waals surface area contributed by atoms with E-state index in [-0.39, 0.29) is 24.4 Å². The van der Waals surface area contributed by atoms with Crippen LogP contribution in [0.4, 0.5) is 4.79 Å². The highest BCUT2D eigenvalue weighted by Gasteiger charge is 2.30. The van der Waals surface area contributed by atoms with Gasteiger partial charge < -0.3 is 25.8 Å². The summed E-state index contributed by atoms with van der Waals surface area (Å²) in [5.74, 6) is -1.21. The van der Waals surface area contributed by atoms with Gasteiger partial charge in [0.1, 0.15) is 25.3 Å². The Morgan fingerprint density at radius 1 is 0.722 bits per heavy atom. The molecule has 36 heavy (non-hydrogen) atoms. The Morgan fingerprint density at radius 2 is 1.17 bits per heavy atom. The SMILES string of the molecule is CC(C)C[C@H](NC(=O)[C@H](CC(C)C)NC(=O)[C@H](CC(C)C)NC(=O)OCc1ccccc1)C(=O)CO. The van der Waals surface area contributed by atoms with Crippen molar-refractivity contribution in [3.63, 3.8) is 0 Å². The van der Waals surface area contributed by atoms with Crippen LogP contribution in [-0.4, -0.2) is 53.5 Å². The highest BCUT2D eigenvalue weighted by Crippen LogP contribution is 2.11. The van der Waals surface area contributed by atoms with Crippen LogP contribution in [0, 0.1) is 17.8 Å². The fourth-order valence-electron chi connectivity index (χ4n) is 3.71. The van der Waals surface area contributed by atoms with Gasteiger partial charge in [0.05, 0.1) is 6.04 Å². The molecule has 0 aliphatic carbocycles. The summed E-state index contributed by atoms with van der Waals surface area (Å²) in [5, 5.41) is 17.4. The molecule has 202 valence electrons. The second-order valence-corrected chi connectivity index (χ2v) is 10.4. The van der Waals surface area contributed by atoms with Crippen LogP contribution in [-0.2, 0) is 25.7 Å². The molecule has 0 bridgehead atoms. The van der Waals surface area contributed by atoms with Crippen LogP contribution in [0.5, 0.6) is 0 Å². The van der Waals surface area contributed by atoms with Crippen molar-refractivity contribution in [2.45, 2.75) is 85.5 Å². The lowest BCUT2D eigenvalue weighted by atomic mass is 9.98. The quantitative estimate of drug-likeness (QED) is 0.290. The zero-order chi connectivity index (χ0) is 27.3. The first-order valence-electron chi connectivity index (χ1n) is 12.6. The number of nitrogens with one attached hydrogen (secondary N) is 3. The van der Waals surface area contributed by atoms with Crippen molar-refractivity contribution in [2.75, 3.05) is 6.61 Å². The Morgan fingerprint density at radius 3 is 1.64 bits per heavy atom. The third-order valence-corrected chi connectivity index (χ3v) is 5.44. The molecule has 1 rings (SSSR count). The number of carbonyl (C=O) groups is 4. The van der Waals surface area contributed by atoms with Gasteiger partial charge in [0.15, 0.2) is 5.78 Å². The van der Waals surface area contributed by atoms with Gasteiger partial charge in [-0.1, -0.05) is 71.9 Å². The number of rotatable bonds is 15. The van der Waals surface area contributed by atoms with Crippen LogP contribution in [0.1, 0.15) is 66.4 Å². The molecule has 1 aromatic carbocycles. The molecule has 0 saturated carbocycles. The largest absolute Gasteiger partial charge is 0.445 e. The van der Waals surface area contributed by atoms with Crippen LogP contribution >= 0.6 is 0 Å². The fraction of sp³-hybridized carbons (Fsp3) is 0.630. The normalized spacial score (nSPS) is 13.7. The summed E-state index contributed by atoms with van der Waals surface area (Å²) < 4.78 is 5.27. The maximum atomic E-state index is 13.2. The lowest BCUT2D eigenvalue weighted by Gasteiger charge is -2.27. The van der Waals surface area contributed by atoms with E-state index in [2.05, 4.69) is 16.0 Å². The van der Waals surface area contributed by atoms with E-state index in [1.54, 1.807) is 0 Å². The van der Waals surface area contributed by atoms with Crippen molar-refractivity contribution < 1.29 is 29.0 Å². The van der Waals surface area contributed by atoms with Gasteiger partial charge in [-0.15, -0.1) is 0 Å². The van der Waals surface area contributed by atoms with E-state index in [9.17, 15) is 24.3 Å². The first-order valence-corrected chi connectivity index (χ1v) is 12.6. The maximum absolute atomic E-state index is 13.2. The number of aliphatic hydroxyl groups is 1. The Balaban J connectivity index is 2.91. The Labute approximate surface area is 214 Å². The highest BCUT2D eigenvalue weighted by molar-refractivity contribution is 5.94. The molecule has 0 spiro atoms. The summed E-state index contributed by atoms with van der Waals surface area (Å²) in [5.41, 5.74) is 0.819. The molecule has 0 aliphatic heterocycles. The number of hydrogen-bond acceptors (Lipinski definition) is 6. The lowest BCUT2D eigenvalue weighted by molar-refractivity contribution is -0.133. The lowest BCUT2D eigenvalue weighted by Crippen LogP contribution is -2.56. The fourth-order valence-corrected chi connectivity index (χ4v) is 3.71. The van der Waals surface area contributed by atoms with E-state index in [1.165, 1.54) is 0 Å². The molecule has 0 fully saturated rings. The van der Waals surface area contributed by atoms with Gasteiger partial charge in [0, 0.05) is 0 Å². The zero-order valence-electron chi connectivity index (χ0n) is 22.4. The van der Waals surface area contributed by atoms with Crippen molar-refractivity contribution in [3.8, 4) is 0 Å². The summed E-state index contributed by atoms with van der Waals surface area (Å²) >= 11 is 0. The van der Waals surface area contributed by atoms with Crippen molar-refractivity contribution in [1.29, 1.82) is 0 Å². The summed E-state index contributed by atoms with van der Waals surface area (Å²) in [7, 11) is 0. The molecule has 1 aromatic rings. The molecule has 3 amide bonds. The van der Waals surface area contributed by atoms with Crippen molar-refractivity contribution in [1.82, 2.24) is 16.0 Å². The standard InChI is InChI=1S/C27H43N3O6/c1-17(2)12-21(24(32)15-31)28-25(33)22(13-18(3)4)29-26(34)23(14-19(5)6)30-27(35)36-16-20-10-8-7-9-11-20/h7-11,17-19,21-23,31H,12-16H2,1-6H3,(H,28,33)(H,29,34)(H,30,35)/t21-,22-,23-/m0/s1. The first-order chi connectivity index (χ1) is 16.9. The van der Waals surface area contributed by atoms with Gasteiger partial charge in [0.25, 0.3) is 0 Å². The van der Waals surface area contributed by atoms with E-state index in [0.29, 0.717) is 19.3 Å². The van der Waals surface area contributed by atoms with Gasteiger partial charge in [-0.05, 0) is 42.6 Å². The van der Waals surface area contributed by atoms with Crippen LogP contribution < -0.4 is 16.0 Å². The number of ketones is 1. The summed E-state index contributed by atoms with van der Waals surface area (Å²) in [6, 6.07) is 6.55. The summed E-state index contributed by atoms with van der Waals surface area (Å²) in [6.07, 6.45) is 0.334. The third-order valence-electron chi connectivity index (χ3n) is 5.44. The van der Waals surface area contributed by atoms with Gasteiger partial charge in [-0.25, -0.2) is 4.79 Å². The molecule has 0 aromatic heterocycles. The van der Waals surface area contributed by atoms with E-state index in [0.717, 1.165) is 5.56 Å². The molecule has 9 heteroatoms. The molecule has 4 N–H and O–H groups in total. The molecule has 0 radical (unpaired) electrons. The Kier molecular flexibility index (Phi) is 13.8. The van der Waals surface area contributed by atoms with Crippen molar-refractivity contribution in [2.24, 2.45) is 17.8 Å². The average Bonchev–Trinajstić information content (AvgIpc) is 2.80. The van der Waals surface area contributed by atoms with Gasteiger partial charge >= 0.3 is 6.09 Å². The molecule has 0 saturated heterocycles. The minimum absolute atomic E-state index is 0.0667. The Bertz CT molecular complexity index is 841. The predicted molar refractivity (Wildman–Crippen MR) is 138 cm³/mol. The van der Waals surface area contributed by atoms with E-state index in [4.69, 9.17) is 4.74 Å². The minimum atomic E-state index is -0.907. The number of Topliss-reactive ketones (excluding diaryl/α,β-unsaturated/α-hetero) is 1. The molecule has 0 unspecified atom stereocenters. The van der Waals surface area contributed by atoms with E-state index < -0.39 is 48.4 Å². The zero-order valence-corrected chi connectivity index (χ0v) is 22.4. The topological polar surface area (TPSA) is 134 Å². The van der Waals surface area contributed by atoms with E-state index >= 15 is 0 Å². The van der Waals surface area contributed by atoms with Gasteiger partial charge in [-0.2, -0.15) is 0 Å². The van der Waals surface area contributed by atoms with Gasteiger partial charge in [0.2, 0.25) is 11.8 Å². The Hall–Kier alpha value is -2.94. The molecule has 9 nitrogen and oxygen atoms in total. The molecule has 3 atom stereocenters. The van der Waals surface area contributed by atoms with Crippen molar-refractivity contribution in [3.05, 3.63) is 35.9 Å². The number of benzene rings is 1. The highest BCUT2D eigenvalue weighted by atomic mass is 16.5. The molecular formula is C27H43N3O6. The maximum Gasteiger partial charge on any atom is 0.408 e. The molecule has 0 heterocycles.